The Balaban J connectivity index is 0. The number of halogens is 2. The summed E-state index contributed by atoms with van der Waals surface area (Å²) in [5, 5.41) is 0. The van der Waals surface area contributed by atoms with Crippen LogP contribution in [0.2, 0.25) is 0 Å². The number of carbonyl (C=O) groups excluding carboxylic acids is 2. The van der Waals surface area contributed by atoms with Gasteiger partial charge in [0, 0.05) is 0 Å². The molecule has 0 bridgehead atoms. The van der Waals surface area contributed by atoms with Crippen LogP contribution in [-0.4, -0.2) is 12.8 Å². The van der Waals surface area contributed by atoms with Crippen molar-refractivity contribution in [3.8, 4) is 0 Å². The van der Waals surface area contributed by atoms with Gasteiger partial charge in [-0.1, -0.05) is 0 Å². The standard InChI is InChI=1S/C5H5.2CH3NO.2ClH.Ti/c1-2-4-5-3-1;2*2-1-3;;;/h1-3H,4H2;2*1H,(H2,2,3);2*1H;/q;;;;;+4/p-4. The monoisotopic (exact) mass is 271 g/mol. The Labute approximate surface area is 101 Å². The quantitative estimate of drug-likeness (QED) is 0.386. The predicted octanol–water partition coefficient (Wildman–Crippen LogP) is -6.22. The van der Waals surface area contributed by atoms with Crippen molar-refractivity contribution in [2.45, 2.75) is 6.42 Å². The molecule has 1 rings (SSSR count). The van der Waals surface area contributed by atoms with Crippen LogP contribution in [0.25, 0.3) is 0 Å². The second kappa shape index (κ2) is 9.28. The van der Waals surface area contributed by atoms with Crippen LogP contribution in [0.1, 0.15) is 6.42 Å². The van der Waals surface area contributed by atoms with Gasteiger partial charge in [-0.25, -0.2) is 0 Å². The fourth-order valence-corrected chi connectivity index (χ4v) is 2.97. The van der Waals surface area contributed by atoms with Crippen LogP contribution in [0.15, 0.2) is 22.1 Å². The molecule has 4 nitrogen and oxygen atoms in total. The summed E-state index contributed by atoms with van der Waals surface area (Å²) in [6, 6.07) is 0. The van der Waals surface area contributed by atoms with Crippen molar-refractivity contribution in [3.63, 3.8) is 0 Å². The summed E-state index contributed by atoms with van der Waals surface area (Å²) < 4.78 is 6.47. The molecule has 0 aromatic rings. The van der Waals surface area contributed by atoms with Gasteiger partial charge in [-0.3, -0.25) is 0 Å². The minimum atomic E-state index is -2.00. The second-order valence-corrected chi connectivity index (χ2v) is 5.30. The zero-order valence-electron chi connectivity index (χ0n) is 7.17. The first-order valence-corrected chi connectivity index (χ1v) is 5.86. The zero-order chi connectivity index (χ0) is 8.81. The molecule has 77 valence electrons. The van der Waals surface area contributed by atoms with Gasteiger partial charge >= 0.3 is 76.9 Å². The molecule has 0 saturated heterocycles. The van der Waals surface area contributed by atoms with E-state index in [0.29, 0.717) is 12.8 Å². The molecule has 0 spiro atoms. The number of amides is 2. The van der Waals surface area contributed by atoms with Crippen molar-refractivity contribution in [3.05, 3.63) is 22.1 Å². The van der Waals surface area contributed by atoms with Crippen molar-refractivity contribution in [2.24, 2.45) is 0 Å². The molecule has 0 heterocycles. The molecule has 0 aromatic carbocycles. The van der Waals surface area contributed by atoms with Gasteiger partial charge < -0.3 is 24.8 Å². The van der Waals surface area contributed by atoms with Gasteiger partial charge in [-0.05, 0) is 0 Å². The van der Waals surface area contributed by atoms with E-state index in [2.05, 4.69) is 7.60 Å². The molecule has 0 unspecified atom stereocenters. The normalized spacial score (nSPS) is 11.6. The molecule has 0 radical (unpaired) electrons. The summed E-state index contributed by atoms with van der Waals surface area (Å²) in [7, 11) is 0. The average Bonchev–Trinajstić information content (AvgIpc) is 2.56. The first kappa shape index (κ1) is 16.2. The van der Waals surface area contributed by atoms with Crippen LogP contribution < -0.4 is 32.4 Å². The van der Waals surface area contributed by atoms with Crippen LogP contribution in [0, 0.1) is 0 Å². The van der Waals surface area contributed by atoms with Gasteiger partial charge in [0.1, 0.15) is 0 Å². The molecule has 1 aliphatic carbocycles. The first-order chi connectivity index (χ1) is 5.88. The van der Waals surface area contributed by atoms with Gasteiger partial charge in [0.25, 0.3) is 0 Å². The van der Waals surface area contributed by atoms with Crippen LogP contribution in [0.4, 0.5) is 0 Å². The topological polar surface area (TPSA) is 58.2 Å². The minimum absolute atomic E-state index is 0. The fourth-order valence-electron chi connectivity index (χ4n) is 0.978. The number of nitrogens with one attached hydrogen (secondary N) is 2. The number of hydrogen-bond donors (Lipinski definition) is 2. The molecule has 2 N–H and O–H groups in total. The molecule has 1 aliphatic rings. The third-order valence-corrected chi connectivity index (χ3v) is 4.35. The molecule has 14 heavy (non-hydrogen) atoms. The van der Waals surface area contributed by atoms with E-state index in [1.165, 1.54) is 0 Å². The summed E-state index contributed by atoms with van der Waals surface area (Å²) in [6.07, 6.45) is 8.01. The predicted molar refractivity (Wildman–Crippen MR) is 40.2 cm³/mol. The molecular formula is C7H9Cl2N2O2Ti. The molecule has 0 saturated carbocycles. The Morgan fingerprint density at radius 1 is 1.21 bits per heavy atom. The molecular weight excluding hydrogens is 263 g/mol. The van der Waals surface area contributed by atoms with E-state index in [1.54, 1.807) is 0 Å². The number of allylic oxidation sites excluding steroid dienone is 4. The summed E-state index contributed by atoms with van der Waals surface area (Å²) in [5.41, 5.74) is 0. The van der Waals surface area contributed by atoms with Crippen molar-refractivity contribution in [1.29, 1.82) is 0 Å². The molecule has 0 aromatic heterocycles. The maximum atomic E-state index is 10.2. The van der Waals surface area contributed by atoms with Gasteiger partial charge in [0.15, 0.2) is 0 Å². The third-order valence-electron chi connectivity index (χ3n) is 1.50. The van der Waals surface area contributed by atoms with Crippen LogP contribution >= 0.6 is 0 Å². The van der Waals surface area contributed by atoms with Crippen molar-refractivity contribution in [2.75, 3.05) is 0 Å². The van der Waals surface area contributed by atoms with E-state index in [-0.39, 0.29) is 24.8 Å². The Morgan fingerprint density at radius 3 is 2.14 bits per heavy atom. The van der Waals surface area contributed by atoms with E-state index in [9.17, 15) is 9.59 Å². The maximum absolute atomic E-state index is 10.2. The van der Waals surface area contributed by atoms with E-state index in [4.69, 9.17) is 0 Å². The van der Waals surface area contributed by atoms with Gasteiger partial charge in [-0.2, -0.15) is 0 Å². The van der Waals surface area contributed by atoms with E-state index in [1.807, 2.05) is 18.2 Å². The fraction of sp³-hybridized carbons (Fsp3) is 0.143. The maximum Gasteiger partial charge on any atom is -1.00 e. The van der Waals surface area contributed by atoms with Crippen molar-refractivity contribution < 1.29 is 52.8 Å². The van der Waals surface area contributed by atoms with E-state index < -0.39 is 18.4 Å². The summed E-state index contributed by atoms with van der Waals surface area (Å²) in [5.74, 6) is 0. The Kier molecular flexibility index (Phi) is 10.7. The van der Waals surface area contributed by atoms with Gasteiger partial charge in [-0.15, -0.1) is 0 Å². The number of rotatable bonds is 5. The first-order valence-electron chi connectivity index (χ1n) is 3.52. The van der Waals surface area contributed by atoms with E-state index >= 15 is 0 Å². The molecule has 2 amide bonds. The summed E-state index contributed by atoms with van der Waals surface area (Å²) >= 11 is -2.00. The largest absolute Gasteiger partial charge is 1.00 e. The van der Waals surface area contributed by atoms with Crippen LogP contribution in [0.3, 0.4) is 0 Å². The Bertz CT molecular complexity index is 236. The third kappa shape index (κ3) is 4.81. The summed E-state index contributed by atoms with van der Waals surface area (Å²) in [6.45, 7) is 0. The number of hydrogen-bond acceptors (Lipinski definition) is 2. The minimum Gasteiger partial charge on any atom is -1.00 e. The summed E-state index contributed by atoms with van der Waals surface area (Å²) in [4.78, 5) is 20.3. The molecule has 0 fully saturated rings. The van der Waals surface area contributed by atoms with E-state index in [0.717, 1.165) is 10.3 Å². The smallest absolute Gasteiger partial charge is 1.00 e. The van der Waals surface area contributed by atoms with Gasteiger partial charge in [0.05, 0.1) is 0 Å². The zero-order valence-corrected chi connectivity index (χ0v) is 10.2. The van der Waals surface area contributed by atoms with Gasteiger partial charge in [0.2, 0.25) is 0 Å². The Morgan fingerprint density at radius 2 is 1.79 bits per heavy atom. The molecule has 0 atom stereocenters. The Hall–Kier alpha value is -0.286. The second-order valence-electron chi connectivity index (χ2n) is 2.22. The number of carbonyl (C=O) groups is 2. The molecule has 0 aliphatic heterocycles. The SMILES string of the molecule is O=C[NH][Ti+2]([NH]C=O)[C]1=CC=CC1.[Cl-].[Cl-]. The molecule has 7 heteroatoms. The average molecular weight is 272 g/mol. The van der Waals surface area contributed by atoms with Crippen molar-refractivity contribution in [1.82, 2.24) is 7.60 Å². The van der Waals surface area contributed by atoms with Crippen molar-refractivity contribution >= 4 is 12.8 Å². The van der Waals surface area contributed by atoms with Crippen LogP contribution in [0.5, 0.6) is 0 Å². The van der Waals surface area contributed by atoms with Crippen LogP contribution in [-0.2, 0) is 28.0 Å².